The quantitative estimate of drug-likeness (QED) is 0.821. The summed E-state index contributed by atoms with van der Waals surface area (Å²) in [6.45, 7) is 0. The van der Waals surface area contributed by atoms with Gasteiger partial charge in [0.15, 0.2) is 0 Å². The van der Waals surface area contributed by atoms with Crippen molar-refractivity contribution in [3.63, 3.8) is 0 Å². The maximum Gasteiger partial charge on any atom is 0.327 e. The molecule has 0 heterocycles. The monoisotopic (exact) mass is 283 g/mol. The van der Waals surface area contributed by atoms with Crippen molar-refractivity contribution < 1.29 is 9.90 Å². The first-order valence-electron chi connectivity index (χ1n) is 7.58. The Labute approximate surface area is 125 Å². The van der Waals surface area contributed by atoms with Gasteiger partial charge < -0.3 is 5.11 Å². The second-order valence-electron chi connectivity index (χ2n) is 5.77. The molecule has 21 heavy (non-hydrogen) atoms. The molecule has 1 aromatic rings. The van der Waals surface area contributed by atoms with Crippen LogP contribution in [0.5, 0.6) is 0 Å². The van der Waals surface area contributed by atoms with Crippen LogP contribution in [0.1, 0.15) is 55.6 Å². The van der Waals surface area contributed by atoms with E-state index in [0.717, 1.165) is 24.3 Å². The van der Waals surface area contributed by atoms with Crippen LogP contribution >= 0.6 is 0 Å². The predicted octanol–water partition coefficient (Wildman–Crippen LogP) is 4.25. The zero-order valence-electron chi connectivity index (χ0n) is 12.2. The Morgan fingerprint density at radius 3 is 2.48 bits per heavy atom. The van der Waals surface area contributed by atoms with Gasteiger partial charge in [-0.15, -0.1) is 0 Å². The van der Waals surface area contributed by atoms with Crippen LogP contribution < -0.4 is 0 Å². The van der Waals surface area contributed by atoms with E-state index in [9.17, 15) is 4.79 Å². The van der Waals surface area contributed by atoms with Crippen molar-refractivity contribution in [1.29, 1.82) is 5.26 Å². The largest absolute Gasteiger partial charge is 0.478 e. The molecule has 0 unspecified atom stereocenters. The van der Waals surface area contributed by atoms with E-state index >= 15 is 0 Å². The number of benzene rings is 1. The van der Waals surface area contributed by atoms with Crippen molar-refractivity contribution in [1.82, 2.24) is 0 Å². The molecule has 3 nitrogen and oxygen atoms in total. The van der Waals surface area contributed by atoms with Gasteiger partial charge in [0.05, 0.1) is 11.6 Å². The van der Waals surface area contributed by atoms with Gasteiger partial charge in [0.1, 0.15) is 0 Å². The van der Waals surface area contributed by atoms with Gasteiger partial charge in [-0.1, -0.05) is 18.2 Å². The lowest BCUT2D eigenvalue weighted by atomic mass is 9.77. The van der Waals surface area contributed by atoms with Gasteiger partial charge >= 0.3 is 5.97 Å². The zero-order valence-corrected chi connectivity index (χ0v) is 12.2. The van der Waals surface area contributed by atoms with Crippen molar-refractivity contribution >= 4 is 5.97 Å². The minimum atomic E-state index is -0.862. The third kappa shape index (κ3) is 4.75. The molecule has 0 aromatic heterocycles. The number of carbonyl (C=O) groups is 1. The molecule has 1 aliphatic rings. The van der Waals surface area contributed by atoms with Crippen molar-refractivity contribution in [2.24, 2.45) is 5.92 Å². The summed E-state index contributed by atoms with van der Waals surface area (Å²) in [6.07, 6.45) is 9.76. The molecular weight excluding hydrogens is 262 g/mol. The number of aliphatic carboxylic acids is 1. The van der Waals surface area contributed by atoms with Gasteiger partial charge in [-0.05, 0) is 68.1 Å². The van der Waals surface area contributed by atoms with E-state index < -0.39 is 5.97 Å². The molecule has 0 atom stereocenters. The minimum absolute atomic E-state index is 0.614. The van der Waals surface area contributed by atoms with Gasteiger partial charge in [-0.3, -0.25) is 0 Å². The second kappa shape index (κ2) is 7.64. The molecule has 0 spiro atoms. The fourth-order valence-corrected chi connectivity index (χ4v) is 3.13. The first kappa shape index (κ1) is 15.3. The van der Waals surface area contributed by atoms with E-state index in [0.29, 0.717) is 5.92 Å². The number of nitriles is 1. The summed E-state index contributed by atoms with van der Waals surface area (Å²) in [5.74, 6) is 0.473. The smallest absolute Gasteiger partial charge is 0.327 e. The van der Waals surface area contributed by atoms with E-state index in [2.05, 4.69) is 18.2 Å². The average Bonchev–Trinajstić information content (AvgIpc) is 2.52. The third-order valence-electron chi connectivity index (χ3n) is 4.36. The number of allylic oxidation sites excluding steroid dienone is 1. The minimum Gasteiger partial charge on any atom is -0.478 e. The topological polar surface area (TPSA) is 61.1 Å². The Kier molecular flexibility index (Phi) is 5.57. The summed E-state index contributed by atoms with van der Waals surface area (Å²) >= 11 is 0. The Morgan fingerprint density at radius 2 is 1.90 bits per heavy atom. The SMILES string of the molecule is N#Cc1ccc(C2CCC(CC/C=C/C(=O)O)CC2)cc1. The summed E-state index contributed by atoms with van der Waals surface area (Å²) in [5.41, 5.74) is 2.07. The van der Waals surface area contributed by atoms with Crippen LogP contribution in [0.15, 0.2) is 36.4 Å². The molecular formula is C18H21NO2. The number of rotatable bonds is 5. The Balaban J connectivity index is 1.77. The first-order chi connectivity index (χ1) is 10.2. The molecule has 0 aliphatic heterocycles. The van der Waals surface area contributed by atoms with Crippen LogP contribution in [0.3, 0.4) is 0 Å². The van der Waals surface area contributed by atoms with Crippen molar-refractivity contribution in [2.75, 3.05) is 0 Å². The van der Waals surface area contributed by atoms with E-state index in [-0.39, 0.29) is 0 Å². The Bertz CT molecular complexity index is 531. The molecule has 1 aromatic carbocycles. The molecule has 110 valence electrons. The number of hydrogen-bond donors (Lipinski definition) is 1. The normalized spacial score (nSPS) is 22.0. The number of nitrogens with zero attached hydrogens (tertiary/aromatic N) is 1. The summed E-state index contributed by atoms with van der Waals surface area (Å²) < 4.78 is 0. The fourth-order valence-electron chi connectivity index (χ4n) is 3.13. The maximum absolute atomic E-state index is 10.4. The van der Waals surface area contributed by atoms with Crippen molar-refractivity contribution in [2.45, 2.75) is 44.4 Å². The molecule has 0 bridgehead atoms. The molecule has 1 aliphatic carbocycles. The van der Waals surface area contributed by atoms with E-state index in [4.69, 9.17) is 10.4 Å². The molecule has 2 rings (SSSR count). The number of carboxylic acids is 1. The highest BCUT2D eigenvalue weighted by atomic mass is 16.4. The fraction of sp³-hybridized carbons (Fsp3) is 0.444. The van der Waals surface area contributed by atoms with Crippen LogP contribution in [0.4, 0.5) is 0 Å². The van der Waals surface area contributed by atoms with Crippen LogP contribution in [0, 0.1) is 17.2 Å². The van der Waals surface area contributed by atoms with Crippen LogP contribution in [-0.2, 0) is 4.79 Å². The zero-order chi connectivity index (χ0) is 15.1. The van der Waals surface area contributed by atoms with Crippen molar-refractivity contribution in [3.8, 4) is 6.07 Å². The van der Waals surface area contributed by atoms with Gasteiger partial charge in [0.2, 0.25) is 0 Å². The van der Waals surface area contributed by atoms with Gasteiger partial charge in [-0.25, -0.2) is 4.79 Å². The summed E-state index contributed by atoms with van der Waals surface area (Å²) in [4.78, 5) is 10.4. The highest BCUT2D eigenvalue weighted by Gasteiger charge is 2.21. The van der Waals surface area contributed by atoms with Gasteiger partial charge in [0, 0.05) is 6.08 Å². The Morgan fingerprint density at radius 1 is 1.24 bits per heavy atom. The number of hydrogen-bond acceptors (Lipinski definition) is 2. The van der Waals surface area contributed by atoms with Crippen LogP contribution in [0.2, 0.25) is 0 Å². The standard InChI is InChI=1S/C18H21NO2/c19-13-15-7-11-17(12-8-15)16-9-5-14(6-10-16)3-1-2-4-18(20)21/h2,4,7-8,11-12,14,16H,1,3,5-6,9-10H2,(H,20,21)/b4-2+. The number of carboxylic acid groups (broad SMARTS) is 1. The lowest BCUT2D eigenvalue weighted by Crippen LogP contribution is -2.13. The lowest BCUT2D eigenvalue weighted by molar-refractivity contribution is -0.131. The Hall–Kier alpha value is -2.08. The second-order valence-corrected chi connectivity index (χ2v) is 5.77. The predicted molar refractivity (Wildman–Crippen MR) is 81.9 cm³/mol. The molecule has 0 amide bonds. The van der Waals surface area contributed by atoms with Crippen LogP contribution in [0.25, 0.3) is 0 Å². The highest BCUT2D eigenvalue weighted by molar-refractivity contribution is 5.79. The van der Waals surface area contributed by atoms with Crippen molar-refractivity contribution in [3.05, 3.63) is 47.5 Å². The molecule has 1 N–H and O–H groups in total. The molecule has 1 saturated carbocycles. The molecule has 0 saturated heterocycles. The summed E-state index contributed by atoms with van der Waals surface area (Å²) in [7, 11) is 0. The molecule has 0 radical (unpaired) electrons. The molecule has 3 heteroatoms. The van der Waals surface area contributed by atoms with E-state index in [1.54, 1.807) is 6.08 Å². The van der Waals surface area contributed by atoms with Crippen LogP contribution in [-0.4, -0.2) is 11.1 Å². The summed E-state index contributed by atoms with van der Waals surface area (Å²) in [5, 5.41) is 17.4. The highest BCUT2D eigenvalue weighted by Crippen LogP contribution is 2.37. The summed E-state index contributed by atoms with van der Waals surface area (Å²) in [6, 6.07) is 10.1. The van der Waals surface area contributed by atoms with Gasteiger partial charge in [0.25, 0.3) is 0 Å². The molecule has 1 fully saturated rings. The lowest BCUT2D eigenvalue weighted by Gasteiger charge is -2.28. The third-order valence-corrected chi connectivity index (χ3v) is 4.36. The average molecular weight is 283 g/mol. The maximum atomic E-state index is 10.4. The van der Waals surface area contributed by atoms with E-state index in [1.807, 2.05) is 12.1 Å². The van der Waals surface area contributed by atoms with Gasteiger partial charge in [-0.2, -0.15) is 5.26 Å². The first-order valence-corrected chi connectivity index (χ1v) is 7.58. The van der Waals surface area contributed by atoms with E-state index in [1.165, 1.54) is 37.3 Å².